The highest BCUT2D eigenvalue weighted by atomic mass is 15.1. The monoisotopic (exact) mass is 268 g/mol. The average molecular weight is 268 g/mol. The lowest BCUT2D eigenvalue weighted by Crippen LogP contribution is -2.21. The van der Waals surface area contributed by atoms with E-state index < -0.39 is 0 Å². The zero-order valence-corrected chi connectivity index (χ0v) is 12.0. The molecule has 2 aromatic rings. The fourth-order valence-electron chi connectivity index (χ4n) is 2.07. The van der Waals surface area contributed by atoms with E-state index in [1.807, 2.05) is 30.5 Å². The molecule has 0 aliphatic heterocycles. The predicted octanol–water partition coefficient (Wildman–Crippen LogP) is 2.55. The Morgan fingerprint density at radius 2 is 2.15 bits per heavy atom. The molecule has 20 heavy (non-hydrogen) atoms. The average Bonchev–Trinajstić information content (AvgIpc) is 2.86. The van der Waals surface area contributed by atoms with Crippen LogP contribution in [0.1, 0.15) is 30.8 Å². The number of hydrogen-bond acceptors (Lipinski definition) is 3. The Hall–Kier alpha value is -2.12. The van der Waals surface area contributed by atoms with Crippen molar-refractivity contribution in [2.24, 2.45) is 5.92 Å². The van der Waals surface area contributed by atoms with E-state index >= 15 is 0 Å². The van der Waals surface area contributed by atoms with Crippen LogP contribution in [0, 0.1) is 17.2 Å². The van der Waals surface area contributed by atoms with Crippen molar-refractivity contribution in [3.63, 3.8) is 0 Å². The van der Waals surface area contributed by atoms with Gasteiger partial charge in [0.15, 0.2) is 0 Å². The highest BCUT2D eigenvalue weighted by molar-refractivity contribution is 5.37. The maximum Gasteiger partial charge on any atom is 0.122 e. The summed E-state index contributed by atoms with van der Waals surface area (Å²) in [6.45, 7) is 6.77. The number of imidazole rings is 1. The van der Waals surface area contributed by atoms with Gasteiger partial charge >= 0.3 is 0 Å². The number of rotatable bonds is 6. The molecule has 1 heterocycles. The van der Waals surface area contributed by atoms with Crippen LogP contribution in [0.3, 0.4) is 0 Å². The van der Waals surface area contributed by atoms with E-state index in [-0.39, 0.29) is 0 Å². The van der Waals surface area contributed by atoms with Crippen molar-refractivity contribution in [2.45, 2.75) is 26.9 Å². The van der Waals surface area contributed by atoms with Gasteiger partial charge in [-0.2, -0.15) is 5.26 Å². The van der Waals surface area contributed by atoms with Crippen LogP contribution < -0.4 is 5.32 Å². The van der Waals surface area contributed by atoms with E-state index in [4.69, 9.17) is 5.26 Å². The third-order valence-corrected chi connectivity index (χ3v) is 3.12. The molecule has 104 valence electrons. The number of nitrogens with one attached hydrogen (secondary N) is 1. The molecular formula is C16H20N4. The van der Waals surface area contributed by atoms with E-state index in [0.717, 1.165) is 30.0 Å². The van der Waals surface area contributed by atoms with Gasteiger partial charge in [0, 0.05) is 12.4 Å². The molecule has 0 radical (unpaired) electrons. The summed E-state index contributed by atoms with van der Waals surface area (Å²) in [5, 5.41) is 12.5. The van der Waals surface area contributed by atoms with Gasteiger partial charge in [0.05, 0.1) is 24.7 Å². The molecule has 0 spiro atoms. The van der Waals surface area contributed by atoms with Gasteiger partial charge < -0.3 is 9.88 Å². The Labute approximate surface area is 120 Å². The molecule has 0 aliphatic carbocycles. The van der Waals surface area contributed by atoms with Gasteiger partial charge in [-0.15, -0.1) is 0 Å². The van der Waals surface area contributed by atoms with Gasteiger partial charge in [-0.3, -0.25) is 0 Å². The number of nitrogens with zero attached hydrogens (tertiary/aromatic N) is 3. The third-order valence-electron chi connectivity index (χ3n) is 3.12. The number of nitriles is 1. The second-order valence-electron chi connectivity index (χ2n) is 5.27. The van der Waals surface area contributed by atoms with Crippen LogP contribution in [0.25, 0.3) is 0 Å². The van der Waals surface area contributed by atoms with Gasteiger partial charge in [-0.25, -0.2) is 4.98 Å². The molecule has 0 atom stereocenters. The van der Waals surface area contributed by atoms with E-state index in [0.29, 0.717) is 12.5 Å². The predicted molar refractivity (Wildman–Crippen MR) is 79.0 cm³/mol. The highest BCUT2D eigenvalue weighted by Crippen LogP contribution is 2.11. The van der Waals surface area contributed by atoms with Crippen LogP contribution >= 0.6 is 0 Å². The lowest BCUT2D eigenvalue weighted by Gasteiger charge is -2.11. The van der Waals surface area contributed by atoms with Gasteiger partial charge in [0.25, 0.3) is 0 Å². The van der Waals surface area contributed by atoms with Crippen molar-refractivity contribution in [1.82, 2.24) is 14.9 Å². The SMILES string of the molecule is CC(C)CNCc1nccn1Cc1ccccc1C#N. The zero-order valence-electron chi connectivity index (χ0n) is 12.0. The summed E-state index contributed by atoms with van der Waals surface area (Å²) >= 11 is 0. The summed E-state index contributed by atoms with van der Waals surface area (Å²) in [6, 6.07) is 9.93. The van der Waals surface area contributed by atoms with Gasteiger partial charge in [0.2, 0.25) is 0 Å². The molecule has 2 rings (SSSR count). The van der Waals surface area contributed by atoms with Crippen molar-refractivity contribution in [3.05, 3.63) is 53.6 Å². The first-order valence-corrected chi connectivity index (χ1v) is 6.89. The largest absolute Gasteiger partial charge is 0.329 e. The van der Waals surface area contributed by atoms with E-state index in [1.54, 1.807) is 6.20 Å². The van der Waals surface area contributed by atoms with Crippen molar-refractivity contribution in [3.8, 4) is 6.07 Å². The normalized spacial score (nSPS) is 10.7. The molecule has 1 aromatic heterocycles. The van der Waals surface area contributed by atoms with Gasteiger partial charge in [-0.1, -0.05) is 32.0 Å². The van der Waals surface area contributed by atoms with E-state index in [1.165, 1.54) is 0 Å². The Morgan fingerprint density at radius 3 is 2.90 bits per heavy atom. The second-order valence-corrected chi connectivity index (χ2v) is 5.27. The minimum Gasteiger partial charge on any atom is -0.329 e. The fourth-order valence-corrected chi connectivity index (χ4v) is 2.07. The number of benzene rings is 1. The van der Waals surface area contributed by atoms with Crippen molar-refractivity contribution >= 4 is 0 Å². The number of aromatic nitrogens is 2. The lowest BCUT2D eigenvalue weighted by atomic mass is 10.1. The molecule has 0 saturated heterocycles. The number of hydrogen-bond donors (Lipinski definition) is 1. The Kier molecular flexibility index (Phi) is 4.91. The lowest BCUT2D eigenvalue weighted by molar-refractivity contribution is 0.533. The summed E-state index contributed by atoms with van der Waals surface area (Å²) in [4.78, 5) is 4.38. The standard InChI is InChI=1S/C16H20N4/c1-13(2)10-18-11-16-19-7-8-20(16)12-15-6-4-3-5-14(15)9-17/h3-8,13,18H,10-12H2,1-2H3. The minimum atomic E-state index is 0.623. The molecular weight excluding hydrogens is 248 g/mol. The second kappa shape index (κ2) is 6.88. The van der Waals surface area contributed by atoms with Gasteiger partial charge in [0.1, 0.15) is 5.82 Å². The molecule has 0 unspecified atom stereocenters. The maximum absolute atomic E-state index is 9.13. The topological polar surface area (TPSA) is 53.6 Å². The molecule has 1 N–H and O–H groups in total. The summed E-state index contributed by atoms with van der Waals surface area (Å²) in [5.41, 5.74) is 1.75. The molecule has 4 nitrogen and oxygen atoms in total. The van der Waals surface area contributed by atoms with Crippen LogP contribution in [0.15, 0.2) is 36.7 Å². The quantitative estimate of drug-likeness (QED) is 0.876. The van der Waals surface area contributed by atoms with E-state index in [9.17, 15) is 0 Å². The van der Waals surface area contributed by atoms with Crippen LogP contribution in [-0.4, -0.2) is 16.1 Å². The van der Waals surface area contributed by atoms with Crippen molar-refractivity contribution in [2.75, 3.05) is 6.54 Å². The Morgan fingerprint density at radius 1 is 1.35 bits per heavy atom. The summed E-state index contributed by atoms with van der Waals surface area (Å²) in [6.07, 6.45) is 3.77. The van der Waals surface area contributed by atoms with E-state index in [2.05, 4.69) is 34.8 Å². The summed E-state index contributed by atoms with van der Waals surface area (Å²) in [5.74, 6) is 1.62. The third kappa shape index (κ3) is 3.69. The summed E-state index contributed by atoms with van der Waals surface area (Å²) < 4.78 is 2.09. The van der Waals surface area contributed by atoms with Crippen molar-refractivity contribution < 1.29 is 0 Å². The Bertz CT molecular complexity index is 593. The summed E-state index contributed by atoms with van der Waals surface area (Å²) in [7, 11) is 0. The van der Waals surface area contributed by atoms with Crippen LogP contribution in [0.2, 0.25) is 0 Å². The van der Waals surface area contributed by atoms with Crippen LogP contribution in [0.5, 0.6) is 0 Å². The first kappa shape index (κ1) is 14.3. The highest BCUT2D eigenvalue weighted by Gasteiger charge is 2.06. The van der Waals surface area contributed by atoms with Crippen LogP contribution in [0.4, 0.5) is 0 Å². The van der Waals surface area contributed by atoms with Crippen molar-refractivity contribution in [1.29, 1.82) is 5.26 Å². The molecule has 0 amide bonds. The minimum absolute atomic E-state index is 0.623. The molecule has 0 fully saturated rings. The van der Waals surface area contributed by atoms with Crippen LogP contribution in [-0.2, 0) is 13.1 Å². The molecule has 0 aliphatic rings. The first-order chi connectivity index (χ1) is 9.70. The fraction of sp³-hybridized carbons (Fsp3) is 0.375. The Balaban J connectivity index is 2.07. The maximum atomic E-state index is 9.13. The molecule has 4 heteroatoms. The molecule has 1 aromatic carbocycles. The zero-order chi connectivity index (χ0) is 14.4. The molecule has 0 bridgehead atoms. The first-order valence-electron chi connectivity index (χ1n) is 6.89. The molecule has 0 saturated carbocycles. The smallest absolute Gasteiger partial charge is 0.122 e. The van der Waals surface area contributed by atoms with Gasteiger partial charge in [-0.05, 0) is 24.1 Å².